The topological polar surface area (TPSA) is 41.5 Å². The third-order valence-electron chi connectivity index (χ3n) is 2.92. The molecule has 0 saturated heterocycles. The molecule has 1 saturated carbocycles. The number of carbonyl (C=O) groups excluding carboxylic acids is 1. The number of rotatable bonds is 3. The van der Waals surface area contributed by atoms with Gasteiger partial charge in [-0.3, -0.25) is 4.79 Å². The van der Waals surface area contributed by atoms with Crippen LogP contribution in [0.2, 0.25) is 0 Å². The zero-order chi connectivity index (χ0) is 10.9. The summed E-state index contributed by atoms with van der Waals surface area (Å²) in [6.07, 6.45) is 10.9. The van der Waals surface area contributed by atoms with Crippen molar-refractivity contribution >= 4 is 12.1 Å². The van der Waals surface area contributed by atoms with E-state index in [-0.39, 0.29) is 11.8 Å². The van der Waals surface area contributed by atoms with Crippen molar-refractivity contribution in [2.24, 2.45) is 11.0 Å². The first kappa shape index (κ1) is 12.2. The molecule has 1 rings (SSSR count). The summed E-state index contributed by atoms with van der Waals surface area (Å²) in [5, 5.41) is 3.89. The Hall–Kier alpha value is -0.860. The average Bonchev–Trinajstić information content (AvgIpc) is 2.17. The second-order valence-corrected chi connectivity index (χ2v) is 4.24. The molecule has 0 radical (unpaired) electrons. The minimum atomic E-state index is 0.113. The van der Waals surface area contributed by atoms with Crippen LogP contribution in [-0.4, -0.2) is 12.1 Å². The van der Waals surface area contributed by atoms with Gasteiger partial charge in [-0.25, -0.2) is 5.43 Å². The third-order valence-corrected chi connectivity index (χ3v) is 2.92. The molecule has 0 bridgehead atoms. The van der Waals surface area contributed by atoms with Gasteiger partial charge in [0.1, 0.15) is 0 Å². The summed E-state index contributed by atoms with van der Waals surface area (Å²) in [7, 11) is 0. The molecular weight excluding hydrogens is 188 g/mol. The minimum absolute atomic E-state index is 0.113. The molecule has 0 spiro atoms. The Morgan fingerprint density at radius 2 is 1.87 bits per heavy atom. The smallest absolute Gasteiger partial charge is 0.243 e. The Kier molecular flexibility index (Phi) is 6.05. The lowest BCUT2D eigenvalue weighted by molar-refractivity contribution is -0.125. The second-order valence-electron chi connectivity index (χ2n) is 4.24. The van der Waals surface area contributed by atoms with Gasteiger partial charge in [-0.15, -0.1) is 0 Å². The number of carbonyl (C=O) groups is 1. The molecule has 1 N–H and O–H groups in total. The Bertz CT molecular complexity index is 206. The highest BCUT2D eigenvalue weighted by molar-refractivity contribution is 5.79. The molecule has 1 fully saturated rings. The molecule has 1 amide bonds. The van der Waals surface area contributed by atoms with Crippen LogP contribution in [0.3, 0.4) is 0 Å². The fraction of sp³-hybridized carbons (Fsp3) is 0.833. The molecule has 0 aromatic heterocycles. The lowest BCUT2D eigenvalue weighted by atomic mass is 9.91. The largest absolute Gasteiger partial charge is 0.273 e. The predicted molar refractivity (Wildman–Crippen MR) is 62.7 cm³/mol. The van der Waals surface area contributed by atoms with Gasteiger partial charge in [-0.2, -0.15) is 5.10 Å². The van der Waals surface area contributed by atoms with Crippen molar-refractivity contribution < 1.29 is 4.79 Å². The van der Waals surface area contributed by atoms with Crippen molar-refractivity contribution in [1.29, 1.82) is 0 Å². The van der Waals surface area contributed by atoms with Gasteiger partial charge < -0.3 is 0 Å². The van der Waals surface area contributed by atoms with Crippen molar-refractivity contribution in [3.63, 3.8) is 0 Å². The van der Waals surface area contributed by atoms with E-state index in [4.69, 9.17) is 0 Å². The van der Waals surface area contributed by atoms with Crippen LogP contribution in [0.25, 0.3) is 0 Å². The van der Waals surface area contributed by atoms with Crippen LogP contribution in [0.15, 0.2) is 5.10 Å². The van der Waals surface area contributed by atoms with Crippen molar-refractivity contribution in [1.82, 2.24) is 5.43 Å². The summed E-state index contributed by atoms with van der Waals surface area (Å²) in [4.78, 5) is 11.7. The maximum absolute atomic E-state index is 11.7. The SMILES string of the molecule is CC/C=N/NC(=O)C1CCCCCCC1. The highest BCUT2D eigenvalue weighted by atomic mass is 16.2. The van der Waals surface area contributed by atoms with Crippen LogP contribution in [0, 0.1) is 5.92 Å². The number of nitrogens with zero attached hydrogens (tertiary/aromatic N) is 1. The molecule has 0 aromatic rings. The van der Waals surface area contributed by atoms with Crippen molar-refractivity contribution in [2.75, 3.05) is 0 Å². The van der Waals surface area contributed by atoms with Crippen molar-refractivity contribution in [2.45, 2.75) is 58.3 Å². The number of amides is 1. The average molecular weight is 210 g/mol. The minimum Gasteiger partial charge on any atom is -0.273 e. The maximum Gasteiger partial charge on any atom is 0.243 e. The molecule has 0 aliphatic heterocycles. The number of hydrazone groups is 1. The zero-order valence-corrected chi connectivity index (χ0v) is 9.67. The standard InChI is InChI=1S/C12H22N2O/c1-2-10-13-14-12(15)11-8-6-4-3-5-7-9-11/h10-11H,2-9H2,1H3,(H,14,15)/b13-10+. The maximum atomic E-state index is 11.7. The predicted octanol–water partition coefficient (Wildman–Crippen LogP) is 2.86. The fourth-order valence-corrected chi connectivity index (χ4v) is 2.01. The Morgan fingerprint density at radius 3 is 2.47 bits per heavy atom. The van der Waals surface area contributed by atoms with E-state index in [9.17, 15) is 4.79 Å². The van der Waals surface area contributed by atoms with Crippen LogP contribution in [0.1, 0.15) is 58.3 Å². The zero-order valence-electron chi connectivity index (χ0n) is 9.67. The van der Waals surface area contributed by atoms with Crippen LogP contribution >= 0.6 is 0 Å². The van der Waals surface area contributed by atoms with E-state index in [1.165, 1.54) is 32.1 Å². The summed E-state index contributed by atoms with van der Waals surface area (Å²) < 4.78 is 0. The van der Waals surface area contributed by atoms with Gasteiger partial charge >= 0.3 is 0 Å². The Morgan fingerprint density at radius 1 is 1.27 bits per heavy atom. The van der Waals surface area contributed by atoms with E-state index < -0.39 is 0 Å². The molecule has 1 aliphatic rings. The molecule has 3 heteroatoms. The first-order valence-corrected chi connectivity index (χ1v) is 6.16. The molecule has 0 unspecified atom stereocenters. The summed E-state index contributed by atoms with van der Waals surface area (Å²) in [6, 6.07) is 0. The Labute approximate surface area is 92.3 Å². The van der Waals surface area contributed by atoms with Crippen LogP contribution in [-0.2, 0) is 4.79 Å². The summed E-state index contributed by atoms with van der Waals surface area (Å²) >= 11 is 0. The van der Waals surface area contributed by atoms with E-state index in [0.717, 1.165) is 19.3 Å². The monoisotopic (exact) mass is 210 g/mol. The van der Waals surface area contributed by atoms with Crippen LogP contribution in [0.4, 0.5) is 0 Å². The van der Waals surface area contributed by atoms with Gasteiger partial charge in [0.2, 0.25) is 5.91 Å². The van der Waals surface area contributed by atoms with Gasteiger partial charge in [0.15, 0.2) is 0 Å². The molecule has 1 aliphatic carbocycles. The number of hydrogen-bond donors (Lipinski definition) is 1. The van der Waals surface area contributed by atoms with Crippen LogP contribution in [0.5, 0.6) is 0 Å². The number of nitrogens with one attached hydrogen (secondary N) is 1. The molecule has 0 atom stereocenters. The third kappa shape index (κ3) is 4.96. The fourth-order valence-electron chi connectivity index (χ4n) is 2.01. The first-order valence-electron chi connectivity index (χ1n) is 6.16. The van der Waals surface area contributed by atoms with Gasteiger partial charge in [-0.05, 0) is 19.3 Å². The van der Waals surface area contributed by atoms with Gasteiger partial charge in [0.05, 0.1) is 0 Å². The number of hydrogen-bond acceptors (Lipinski definition) is 2. The lowest BCUT2D eigenvalue weighted by Gasteiger charge is -2.17. The molecule has 15 heavy (non-hydrogen) atoms. The summed E-state index contributed by atoms with van der Waals surface area (Å²) in [6.45, 7) is 2.01. The van der Waals surface area contributed by atoms with Gasteiger partial charge in [0, 0.05) is 12.1 Å². The van der Waals surface area contributed by atoms with E-state index in [1.807, 2.05) is 6.92 Å². The summed E-state index contributed by atoms with van der Waals surface area (Å²) in [5.41, 5.74) is 2.63. The van der Waals surface area contributed by atoms with E-state index in [2.05, 4.69) is 10.5 Å². The highest BCUT2D eigenvalue weighted by Crippen LogP contribution is 2.22. The van der Waals surface area contributed by atoms with Crippen molar-refractivity contribution in [3.8, 4) is 0 Å². The summed E-state index contributed by atoms with van der Waals surface area (Å²) in [5.74, 6) is 0.306. The van der Waals surface area contributed by atoms with E-state index in [0.29, 0.717) is 0 Å². The molecule has 0 heterocycles. The van der Waals surface area contributed by atoms with Crippen molar-refractivity contribution in [3.05, 3.63) is 0 Å². The molecule has 86 valence electrons. The van der Waals surface area contributed by atoms with E-state index in [1.54, 1.807) is 6.21 Å². The molecular formula is C12H22N2O. The Balaban J connectivity index is 2.31. The molecule has 3 nitrogen and oxygen atoms in total. The quantitative estimate of drug-likeness (QED) is 0.565. The van der Waals surface area contributed by atoms with Gasteiger partial charge in [-0.1, -0.05) is 39.0 Å². The molecule has 0 aromatic carbocycles. The normalized spacial score (nSPS) is 19.8. The van der Waals surface area contributed by atoms with E-state index >= 15 is 0 Å². The highest BCUT2D eigenvalue weighted by Gasteiger charge is 2.18. The lowest BCUT2D eigenvalue weighted by Crippen LogP contribution is -2.27. The first-order chi connectivity index (χ1) is 7.34. The van der Waals surface area contributed by atoms with Gasteiger partial charge in [0.25, 0.3) is 0 Å². The second kappa shape index (κ2) is 7.43. The van der Waals surface area contributed by atoms with Crippen LogP contribution < -0.4 is 5.43 Å².